The summed E-state index contributed by atoms with van der Waals surface area (Å²) < 4.78 is 0. The number of hydrogen-bond donors (Lipinski definition) is 3. The van der Waals surface area contributed by atoms with E-state index < -0.39 is 11.9 Å². The first kappa shape index (κ1) is 22.9. The zero-order valence-corrected chi connectivity index (χ0v) is 16.7. The van der Waals surface area contributed by atoms with E-state index in [9.17, 15) is 24.9 Å². The predicted molar refractivity (Wildman–Crippen MR) is 76.6 cm³/mol. The number of aliphatic hydroxyl groups excluding tert-OH is 1. The van der Waals surface area contributed by atoms with Crippen molar-refractivity contribution in [3.8, 4) is 0 Å². The maximum absolute atomic E-state index is 11.3. The van der Waals surface area contributed by atoms with Gasteiger partial charge >= 0.3 is 11.9 Å². The SMILES string of the molecule is CC(C)C(C(=O)O)=C(C(=O)O)C1CCC(O)CC1.[Na].[Na]. The number of aliphatic hydroxyl groups is 1. The molecule has 0 aromatic heterocycles. The number of rotatable bonds is 4. The zero-order chi connectivity index (χ0) is 13.9. The molecule has 3 N–H and O–H groups in total. The molecule has 0 unspecified atom stereocenters. The van der Waals surface area contributed by atoms with Gasteiger partial charge in [0.05, 0.1) is 17.3 Å². The van der Waals surface area contributed by atoms with Gasteiger partial charge in [-0.2, -0.15) is 0 Å². The number of carbonyl (C=O) groups is 2. The fourth-order valence-corrected chi connectivity index (χ4v) is 2.55. The van der Waals surface area contributed by atoms with Crippen LogP contribution in [-0.2, 0) is 9.59 Å². The van der Waals surface area contributed by atoms with Crippen LogP contribution in [0.1, 0.15) is 39.5 Å². The van der Waals surface area contributed by atoms with Crippen LogP contribution in [0.2, 0.25) is 0 Å². The van der Waals surface area contributed by atoms with Crippen LogP contribution in [0.25, 0.3) is 0 Å². The third-order valence-corrected chi connectivity index (χ3v) is 3.43. The standard InChI is InChI=1S/C13H20O5.2Na/c1-7(2)10(12(15)16)11(13(17)18)8-3-5-9(14)6-4-8;;/h7-9,14H,3-6H2,1-2H3,(H,15,16)(H,17,18);;. The van der Waals surface area contributed by atoms with Crippen molar-refractivity contribution in [3.63, 3.8) is 0 Å². The summed E-state index contributed by atoms with van der Waals surface area (Å²) >= 11 is 0. The molecule has 0 aromatic rings. The molecule has 1 aliphatic rings. The van der Waals surface area contributed by atoms with Crippen molar-refractivity contribution in [3.05, 3.63) is 11.1 Å². The summed E-state index contributed by atoms with van der Waals surface area (Å²) in [6.07, 6.45) is 1.75. The van der Waals surface area contributed by atoms with Crippen molar-refractivity contribution < 1.29 is 24.9 Å². The van der Waals surface area contributed by atoms with Crippen molar-refractivity contribution in [1.82, 2.24) is 0 Å². The molecule has 7 heteroatoms. The van der Waals surface area contributed by atoms with Crippen molar-refractivity contribution in [2.45, 2.75) is 45.6 Å². The van der Waals surface area contributed by atoms with Crippen LogP contribution in [-0.4, -0.2) is 92.5 Å². The Morgan fingerprint density at radius 3 is 1.70 bits per heavy atom. The van der Waals surface area contributed by atoms with Gasteiger partial charge in [0.15, 0.2) is 0 Å². The normalized spacial score (nSPS) is 23.2. The van der Waals surface area contributed by atoms with Gasteiger partial charge < -0.3 is 15.3 Å². The Morgan fingerprint density at radius 2 is 1.40 bits per heavy atom. The molecule has 20 heavy (non-hydrogen) atoms. The van der Waals surface area contributed by atoms with Crippen LogP contribution >= 0.6 is 0 Å². The summed E-state index contributed by atoms with van der Waals surface area (Å²) in [6.45, 7) is 3.37. The molecule has 0 bridgehead atoms. The smallest absolute Gasteiger partial charge is 0.332 e. The van der Waals surface area contributed by atoms with E-state index in [0.29, 0.717) is 25.7 Å². The maximum atomic E-state index is 11.3. The summed E-state index contributed by atoms with van der Waals surface area (Å²) in [4.78, 5) is 22.6. The van der Waals surface area contributed by atoms with Gasteiger partial charge in [-0.25, -0.2) is 9.59 Å². The molecule has 1 aliphatic carbocycles. The van der Waals surface area contributed by atoms with Crippen molar-refractivity contribution in [1.29, 1.82) is 0 Å². The Morgan fingerprint density at radius 1 is 0.950 bits per heavy atom. The Balaban J connectivity index is 0. The molecule has 104 valence electrons. The van der Waals surface area contributed by atoms with Gasteiger partial charge in [-0.3, -0.25) is 0 Å². The van der Waals surface area contributed by atoms with Crippen molar-refractivity contribution in [2.24, 2.45) is 11.8 Å². The molecule has 0 amide bonds. The van der Waals surface area contributed by atoms with E-state index in [1.54, 1.807) is 13.8 Å². The molecule has 0 atom stereocenters. The number of aliphatic carboxylic acids is 2. The zero-order valence-electron chi connectivity index (χ0n) is 12.7. The number of hydrogen-bond acceptors (Lipinski definition) is 3. The summed E-state index contributed by atoms with van der Waals surface area (Å²) in [5.41, 5.74) is 0.00768. The minimum absolute atomic E-state index is 0. The second-order valence-corrected chi connectivity index (χ2v) is 5.10. The van der Waals surface area contributed by atoms with E-state index in [0.717, 1.165) is 0 Å². The van der Waals surface area contributed by atoms with Crippen LogP contribution in [0.4, 0.5) is 0 Å². The average molecular weight is 302 g/mol. The van der Waals surface area contributed by atoms with Crippen molar-refractivity contribution in [2.75, 3.05) is 0 Å². The van der Waals surface area contributed by atoms with E-state index in [4.69, 9.17) is 0 Å². The van der Waals surface area contributed by atoms with Crippen molar-refractivity contribution >= 4 is 71.1 Å². The summed E-state index contributed by atoms with van der Waals surface area (Å²) in [5, 5.41) is 27.9. The van der Waals surface area contributed by atoms with Crippen LogP contribution in [0, 0.1) is 11.8 Å². The van der Waals surface area contributed by atoms with E-state index in [-0.39, 0.29) is 88.2 Å². The van der Waals surface area contributed by atoms with E-state index in [1.165, 1.54) is 0 Å². The first-order valence-corrected chi connectivity index (χ1v) is 6.23. The topological polar surface area (TPSA) is 94.8 Å². The molecule has 0 spiro atoms. The molecular weight excluding hydrogens is 282 g/mol. The van der Waals surface area contributed by atoms with Crippen LogP contribution < -0.4 is 0 Å². The van der Waals surface area contributed by atoms with Gasteiger partial charge in [0, 0.05) is 59.1 Å². The maximum Gasteiger partial charge on any atom is 0.332 e. The Hall–Kier alpha value is 0.640. The molecular formula is C13H20Na2O5. The predicted octanol–water partition coefficient (Wildman–Crippen LogP) is 0.898. The molecule has 0 aliphatic heterocycles. The average Bonchev–Trinajstić information content (AvgIpc) is 2.25. The van der Waals surface area contributed by atoms with E-state index in [2.05, 4.69) is 0 Å². The third-order valence-electron chi connectivity index (χ3n) is 3.43. The fraction of sp³-hybridized carbons (Fsp3) is 0.692. The summed E-state index contributed by atoms with van der Waals surface area (Å²) in [6, 6.07) is 0. The minimum atomic E-state index is -1.16. The van der Waals surface area contributed by atoms with Gasteiger partial charge in [-0.05, 0) is 37.5 Å². The van der Waals surface area contributed by atoms with Crippen LogP contribution in [0.15, 0.2) is 11.1 Å². The summed E-state index contributed by atoms with van der Waals surface area (Å²) in [5.74, 6) is -2.91. The molecule has 0 aromatic carbocycles. The van der Waals surface area contributed by atoms with Gasteiger partial charge in [0.1, 0.15) is 0 Å². The quantitative estimate of drug-likeness (QED) is 0.530. The largest absolute Gasteiger partial charge is 0.478 e. The number of carboxylic acids is 2. The second kappa shape index (κ2) is 10.4. The van der Waals surface area contributed by atoms with Crippen LogP contribution in [0.5, 0.6) is 0 Å². The van der Waals surface area contributed by atoms with E-state index >= 15 is 0 Å². The molecule has 1 rings (SSSR count). The van der Waals surface area contributed by atoms with Gasteiger partial charge in [0.2, 0.25) is 0 Å². The fourth-order valence-electron chi connectivity index (χ4n) is 2.55. The molecule has 1 saturated carbocycles. The monoisotopic (exact) mass is 302 g/mol. The Bertz CT molecular complexity index is 371. The van der Waals surface area contributed by atoms with Gasteiger partial charge in [-0.1, -0.05) is 13.8 Å². The number of carboxylic acid groups (broad SMARTS) is 2. The van der Waals surface area contributed by atoms with E-state index in [1.807, 2.05) is 0 Å². The third kappa shape index (κ3) is 6.18. The van der Waals surface area contributed by atoms with Gasteiger partial charge in [-0.15, -0.1) is 0 Å². The Kier molecular flexibility index (Phi) is 11.9. The minimum Gasteiger partial charge on any atom is -0.478 e. The van der Waals surface area contributed by atoms with Gasteiger partial charge in [0.25, 0.3) is 0 Å². The molecule has 0 saturated heterocycles. The summed E-state index contributed by atoms with van der Waals surface area (Å²) in [7, 11) is 0. The molecule has 2 radical (unpaired) electrons. The first-order chi connectivity index (χ1) is 8.34. The Labute approximate surface area is 163 Å². The molecule has 0 heterocycles. The molecule has 1 fully saturated rings. The second-order valence-electron chi connectivity index (χ2n) is 5.10. The molecule has 5 nitrogen and oxygen atoms in total. The first-order valence-electron chi connectivity index (χ1n) is 6.23. The van der Waals surface area contributed by atoms with Crippen LogP contribution in [0.3, 0.4) is 0 Å².